The molecule has 0 fully saturated rings. The molecule has 0 aliphatic rings. The Morgan fingerprint density at radius 2 is 1.60 bits per heavy atom. The van der Waals surface area contributed by atoms with Gasteiger partial charge in [-0.1, -0.05) is 0 Å². The molecule has 16 nitrogen and oxygen atoms in total. The lowest BCUT2D eigenvalue weighted by Crippen LogP contribution is -2.60. The van der Waals surface area contributed by atoms with E-state index >= 15 is 0 Å². The Labute approximate surface area is 198 Å². The van der Waals surface area contributed by atoms with Gasteiger partial charge in [0.15, 0.2) is 0 Å². The van der Waals surface area contributed by atoms with Crippen molar-refractivity contribution in [3.8, 4) is 0 Å². The average Bonchev–Trinajstić information content (AvgIpc) is 3.26. The summed E-state index contributed by atoms with van der Waals surface area (Å²) in [7, 11) is 0. The van der Waals surface area contributed by atoms with E-state index in [9.17, 15) is 39.0 Å². The number of imidazole rings is 1. The third kappa shape index (κ3) is 10.2. The van der Waals surface area contributed by atoms with Gasteiger partial charge in [0.05, 0.1) is 24.9 Å². The molecule has 10 N–H and O–H groups in total. The van der Waals surface area contributed by atoms with Crippen molar-refractivity contribution in [3.63, 3.8) is 0 Å². The van der Waals surface area contributed by atoms with Crippen LogP contribution in [0.1, 0.15) is 31.9 Å². The van der Waals surface area contributed by atoms with Crippen molar-refractivity contribution in [3.05, 3.63) is 18.2 Å². The van der Waals surface area contributed by atoms with Crippen LogP contribution < -0.4 is 21.7 Å². The van der Waals surface area contributed by atoms with Gasteiger partial charge in [0, 0.05) is 24.7 Å². The smallest absolute Gasteiger partial charge is 0.326 e. The van der Waals surface area contributed by atoms with Gasteiger partial charge in [-0.05, 0) is 13.3 Å². The fraction of sp³-hybridized carbons (Fsp3) is 0.526. The summed E-state index contributed by atoms with van der Waals surface area (Å²) < 4.78 is 0. The van der Waals surface area contributed by atoms with Gasteiger partial charge in [-0.3, -0.25) is 24.0 Å². The number of nitrogens with two attached hydrogens (primary N) is 1. The molecule has 194 valence electrons. The third-order valence-electron chi connectivity index (χ3n) is 4.67. The van der Waals surface area contributed by atoms with E-state index in [-0.39, 0.29) is 6.42 Å². The largest absolute Gasteiger partial charge is 0.481 e. The zero-order valence-corrected chi connectivity index (χ0v) is 18.6. The van der Waals surface area contributed by atoms with E-state index in [1.54, 1.807) is 0 Å². The average molecular weight is 500 g/mol. The Kier molecular flexibility index (Phi) is 11.3. The molecule has 1 rings (SSSR count). The zero-order chi connectivity index (χ0) is 26.7. The predicted molar refractivity (Wildman–Crippen MR) is 114 cm³/mol. The van der Waals surface area contributed by atoms with Crippen molar-refractivity contribution in [1.82, 2.24) is 25.9 Å². The van der Waals surface area contributed by atoms with Gasteiger partial charge < -0.3 is 47.1 Å². The van der Waals surface area contributed by atoms with Crippen LogP contribution >= 0.6 is 0 Å². The molecule has 5 unspecified atom stereocenters. The molecule has 5 atom stereocenters. The summed E-state index contributed by atoms with van der Waals surface area (Å²) in [4.78, 5) is 77.1. The minimum atomic E-state index is -1.68. The van der Waals surface area contributed by atoms with Crippen LogP contribution in [0.4, 0.5) is 0 Å². The van der Waals surface area contributed by atoms with Crippen molar-refractivity contribution in [2.24, 2.45) is 5.73 Å². The quantitative estimate of drug-likeness (QED) is 0.114. The molecule has 16 heteroatoms. The van der Waals surface area contributed by atoms with Crippen LogP contribution in [0.25, 0.3) is 0 Å². The lowest BCUT2D eigenvalue weighted by molar-refractivity contribution is -0.144. The van der Waals surface area contributed by atoms with Crippen LogP contribution in [0, 0.1) is 0 Å². The fourth-order valence-corrected chi connectivity index (χ4v) is 2.83. The highest BCUT2D eigenvalue weighted by Crippen LogP contribution is 2.05. The van der Waals surface area contributed by atoms with E-state index in [0.717, 1.165) is 6.92 Å². The maximum Gasteiger partial charge on any atom is 0.326 e. The highest BCUT2D eigenvalue weighted by molar-refractivity contribution is 5.95. The van der Waals surface area contributed by atoms with Crippen LogP contribution in [0.2, 0.25) is 0 Å². The molecule has 0 saturated carbocycles. The zero-order valence-electron chi connectivity index (χ0n) is 18.6. The standard InChI is InChI=1S/C19H28N6O10/c1-8(26)15(18(33)23-11(19(34)35)2-3-13(27)28)25-17(32)12(4-9-6-21-7-22-9)24-16(31)10(20)5-14(29)30/h6-8,10-12,15,26H,2-5,20H2,1H3,(H,21,22)(H,23,33)(H,24,31)(H,25,32)(H,27,28)(H,29,30)(H,34,35). The molecule has 0 bridgehead atoms. The Morgan fingerprint density at radius 3 is 2.09 bits per heavy atom. The molecular weight excluding hydrogens is 472 g/mol. The summed E-state index contributed by atoms with van der Waals surface area (Å²) in [5.74, 6) is -7.21. The maximum absolute atomic E-state index is 12.9. The van der Waals surface area contributed by atoms with Gasteiger partial charge in [-0.25, -0.2) is 9.78 Å². The van der Waals surface area contributed by atoms with Crippen LogP contribution in [-0.2, 0) is 35.2 Å². The molecule has 1 heterocycles. The SMILES string of the molecule is CC(O)C(NC(=O)C(Cc1cnc[nH]1)NC(=O)C(N)CC(=O)O)C(=O)NC(CCC(=O)O)C(=O)O. The minimum absolute atomic E-state index is 0.179. The number of carboxylic acids is 3. The number of nitrogens with zero attached hydrogens (tertiary/aromatic N) is 1. The highest BCUT2D eigenvalue weighted by Gasteiger charge is 2.33. The summed E-state index contributed by atoms with van der Waals surface area (Å²) in [6.07, 6.45) is -0.766. The van der Waals surface area contributed by atoms with Crippen LogP contribution in [0.5, 0.6) is 0 Å². The number of H-pyrrole nitrogens is 1. The molecule has 0 aliphatic carbocycles. The number of aliphatic hydroxyl groups excluding tert-OH is 1. The normalized spacial score (nSPS) is 15.1. The number of aliphatic carboxylic acids is 3. The molecule has 0 aromatic carbocycles. The number of hydrogen-bond acceptors (Lipinski definition) is 9. The first-order valence-electron chi connectivity index (χ1n) is 10.3. The molecular formula is C19H28N6O10. The summed E-state index contributed by atoms with van der Waals surface area (Å²) in [6.45, 7) is 1.14. The lowest BCUT2D eigenvalue weighted by Gasteiger charge is -2.26. The monoisotopic (exact) mass is 500 g/mol. The maximum atomic E-state index is 12.9. The Hall–Kier alpha value is -4.05. The second kappa shape index (κ2) is 13.6. The van der Waals surface area contributed by atoms with Crippen molar-refractivity contribution in [1.29, 1.82) is 0 Å². The first-order chi connectivity index (χ1) is 16.3. The van der Waals surface area contributed by atoms with E-state index in [1.165, 1.54) is 12.5 Å². The Morgan fingerprint density at radius 1 is 0.971 bits per heavy atom. The molecule has 1 aromatic rings. The number of carboxylic acid groups (broad SMARTS) is 3. The van der Waals surface area contributed by atoms with Gasteiger partial charge in [0.25, 0.3) is 0 Å². The summed E-state index contributed by atoms with van der Waals surface area (Å²) in [6, 6.07) is -6.15. The van der Waals surface area contributed by atoms with Crippen molar-refractivity contribution >= 4 is 35.6 Å². The van der Waals surface area contributed by atoms with E-state index in [4.69, 9.17) is 15.9 Å². The molecule has 0 aliphatic heterocycles. The fourth-order valence-electron chi connectivity index (χ4n) is 2.83. The van der Waals surface area contributed by atoms with Gasteiger partial charge in [0.2, 0.25) is 17.7 Å². The van der Waals surface area contributed by atoms with Crippen molar-refractivity contribution < 1.29 is 49.2 Å². The van der Waals surface area contributed by atoms with Crippen LogP contribution in [0.15, 0.2) is 12.5 Å². The lowest BCUT2D eigenvalue weighted by atomic mass is 10.1. The van der Waals surface area contributed by atoms with E-state index in [2.05, 4.69) is 25.9 Å². The first kappa shape index (κ1) is 29.0. The number of hydrogen-bond donors (Lipinski definition) is 9. The summed E-state index contributed by atoms with van der Waals surface area (Å²) >= 11 is 0. The van der Waals surface area contributed by atoms with Gasteiger partial charge in [-0.15, -0.1) is 0 Å². The molecule has 0 spiro atoms. The molecule has 1 aromatic heterocycles. The van der Waals surface area contributed by atoms with Gasteiger partial charge >= 0.3 is 17.9 Å². The van der Waals surface area contributed by atoms with Crippen molar-refractivity contribution in [2.75, 3.05) is 0 Å². The van der Waals surface area contributed by atoms with Gasteiger partial charge in [0.1, 0.15) is 18.1 Å². The number of carbonyl (C=O) groups excluding carboxylic acids is 3. The molecule has 0 saturated heterocycles. The number of aliphatic hydroxyl groups is 1. The predicted octanol–water partition coefficient (Wildman–Crippen LogP) is -3.46. The first-order valence-corrected chi connectivity index (χ1v) is 10.3. The van der Waals surface area contributed by atoms with E-state index in [1.807, 2.05) is 0 Å². The minimum Gasteiger partial charge on any atom is -0.481 e. The van der Waals surface area contributed by atoms with Crippen LogP contribution in [-0.4, -0.2) is 96.3 Å². The van der Waals surface area contributed by atoms with E-state index < -0.39 is 85.2 Å². The topological polar surface area (TPSA) is 274 Å². The third-order valence-corrected chi connectivity index (χ3v) is 4.67. The number of nitrogens with one attached hydrogen (secondary N) is 4. The number of aromatic nitrogens is 2. The summed E-state index contributed by atoms with van der Waals surface area (Å²) in [5.41, 5.74) is 5.91. The second-order valence-corrected chi connectivity index (χ2v) is 7.61. The number of aromatic amines is 1. The molecule has 0 radical (unpaired) electrons. The Balaban J connectivity index is 3.01. The van der Waals surface area contributed by atoms with E-state index in [0.29, 0.717) is 5.69 Å². The number of amides is 3. The molecule has 3 amide bonds. The highest BCUT2D eigenvalue weighted by atomic mass is 16.4. The number of rotatable bonds is 15. The Bertz CT molecular complexity index is 919. The number of carbonyl (C=O) groups is 6. The van der Waals surface area contributed by atoms with Crippen molar-refractivity contribution in [2.45, 2.75) is 62.9 Å². The van der Waals surface area contributed by atoms with Crippen LogP contribution in [0.3, 0.4) is 0 Å². The second-order valence-electron chi connectivity index (χ2n) is 7.61. The molecule has 35 heavy (non-hydrogen) atoms. The summed E-state index contributed by atoms with van der Waals surface area (Å²) in [5, 5.41) is 43.3. The van der Waals surface area contributed by atoms with Gasteiger partial charge in [-0.2, -0.15) is 0 Å².